The van der Waals surface area contributed by atoms with Gasteiger partial charge in [0.05, 0.1) is 11.1 Å². The van der Waals surface area contributed by atoms with E-state index < -0.39 is 35.5 Å². The van der Waals surface area contributed by atoms with Gasteiger partial charge in [0.1, 0.15) is 18.2 Å². The average Bonchev–Trinajstić information content (AvgIpc) is 3.15. The summed E-state index contributed by atoms with van der Waals surface area (Å²) in [6.45, 7) is 5.85. The number of alkyl carbamates (subject to hydrolysis) is 1. The molecule has 2 aliphatic heterocycles. The van der Waals surface area contributed by atoms with Crippen LogP contribution in [0.2, 0.25) is 0 Å². The Kier molecular flexibility index (Phi) is 8.32. The van der Waals surface area contributed by atoms with E-state index in [9.17, 15) is 24.0 Å². The van der Waals surface area contributed by atoms with Crippen molar-refractivity contribution in [2.45, 2.75) is 57.7 Å². The topological polar surface area (TPSA) is 125 Å². The molecule has 2 aliphatic rings. The van der Waals surface area contributed by atoms with Gasteiger partial charge in [-0.15, -0.1) is 0 Å². The third-order valence-corrected chi connectivity index (χ3v) is 6.69. The Balaban J connectivity index is 1.37. The second kappa shape index (κ2) is 11.7. The summed E-state index contributed by atoms with van der Waals surface area (Å²) in [5.74, 6) is -1.61. The van der Waals surface area contributed by atoms with Crippen molar-refractivity contribution < 1.29 is 28.7 Å². The number of carbonyl (C=O) groups is 5. The number of likely N-dealkylation sites (tertiary alicyclic amines) is 1. The number of rotatable bonds is 7. The Bertz CT molecular complexity index is 1210. The number of nitrogens with zero attached hydrogens (tertiary/aromatic N) is 2. The lowest BCUT2D eigenvalue weighted by Gasteiger charge is -2.34. The minimum Gasteiger partial charge on any atom is -0.444 e. The lowest BCUT2D eigenvalue weighted by atomic mass is 10.0. The second-order valence-corrected chi connectivity index (χ2v) is 10.8. The fraction of sp³-hybridized carbons (Fsp3) is 0.414. The van der Waals surface area contributed by atoms with Gasteiger partial charge in [-0.3, -0.25) is 24.1 Å². The van der Waals surface area contributed by atoms with Gasteiger partial charge >= 0.3 is 6.09 Å². The van der Waals surface area contributed by atoms with E-state index in [-0.39, 0.29) is 24.9 Å². The van der Waals surface area contributed by atoms with Gasteiger partial charge in [0.25, 0.3) is 11.8 Å². The Hall–Kier alpha value is -4.21. The fourth-order valence-corrected chi connectivity index (χ4v) is 4.77. The predicted molar refractivity (Wildman–Crippen MR) is 143 cm³/mol. The van der Waals surface area contributed by atoms with Gasteiger partial charge in [-0.1, -0.05) is 42.5 Å². The quantitative estimate of drug-likeness (QED) is 0.526. The van der Waals surface area contributed by atoms with Gasteiger partial charge in [-0.2, -0.15) is 0 Å². The molecule has 0 bridgehead atoms. The number of carbonyl (C=O) groups excluding carboxylic acids is 5. The minimum atomic E-state index is -1.02. The molecular formula is C29H34N4O6. The number of ether oxygens (including phenoxy) is 1. The Labute approximate surface area is 227 Å². The number of imide groups is 1. The molecule has 5 amide bonds. The van der Waals surface area contributed by atoms with Crippen LogP contribution in [0.1, 0.15) is 59.9 Å². The molecule has 0 saturated carbocycles. The summed E-state index contributed by atoms with van der Waals surface area (Å²) >= 11 is 0. The van der Waals surface area contributed by atoms with Crippen LogP contribution in [-0.2, 0) is 20.7 Å². The molecule has 2 aromatic carbocycles. The molecule has 1 atom stereocenters. The molecule has 0 aliphatic carbocycles. The minimum absolute atomic E-state index is 0.176. The largest absolute Gasteiger partial charge is 0.444 e. The lowest BCUT2D eigenvalue weighted by molar-refractivity contribution is -0.131. The highest BCUT2D eigenvalue weighted by Crippen LogP contribution is 2.26. The van der Waals surface area contributed by atoms with Gasteiger partial charge < -0.3 is 20.3 Å². The van der Waals surface area contributed by atoms with Gasteiger partial charge in [0.15, 0.2) is 0 Å². The van der Waals surface area contributed by atoms with Crippen molar-refractivity contribution in [1.29, 1.82) is 0 Å². The highest BCUT2D eigenvalue weighted by atomic mass is 16.6. The van der Waals surface area contributed by atoms with Crippen LogP contribution in [0.3, 0.4) is 0 Å². The van der Waals surface area contributed by atoms with E-state index in [0.29, 0.717) is 37.1 Å². The van der Waals surface area contributed by atoms with Crippen LogP contribution in [0.25, 0.3) is 0 Å². The van der Waals surface area contributed by atoms with Crippen molar-refractivity contribution in [2.75, 3.05) is 19.6 Å². The molecule has 0 radical (unpaired) electrons. The van der Waals surface area contributed by atoms with Gasteiger partial charge in [-0.25, -0.2) is 4.79 Å². The maximum Gasteiger partial charge on any atom is 0.408 e. The van der Waals surface area contributed by atoms with Gasteiger partial charge in [0, 0.05) is 25.6 Å². The summed E-state index contributed by atoms with van der Waals surface area (Å²) < 4.78 is 5.16. The van der Waals surface area contributed by atoms with Crippen molar-refractivity contribution in [3.8, 4) is 0 Å². The van der Waals surface area contributed by atoms with E-state index in [1.165, 1.54) is 0 Å². The van der Waals surface area contributed by atoms with Crippen LogP contribution < -0.4 is 10.6 Å². The van der Waals surface area contributed by atoms with E-state index >= 15 is 0 Å². The molecule has 10 heteroatoms. The predicted octanol–water partition coefficient (Wildman–Crippen LogP) is 2.53. The molecule has 206 valence electrons. The highest BCUT2D eigenvalue weighted by molar-refractivity contribution is 6.22. The van der Waals surface area contributed by atoms with Crippen molar-refractivity contribution in [2.24, 2.45) is 0 Å². The third-order valence-electron chi connectivity index (χ3n) is 6.69. The van der Waals surface area contributed by atoms with Gasteiger partial charge in [0.2, 0.25) is 11.8 Å². The SMILES string of the molecule is CC(C)(C)OC(=O)NCC(=O)N1CCC(NC(=O)C(Cc2ccccc2)N2C(=O)c3ccccc3C2=O)CC1. The molecule has 1 saturated heterocycles. The van der Waals surface area contributed by atoms with Gasteiger partial charge in [-0.05, 0) is 51.3 Å². The average molecular weight is 535 g/mol. The first kappa shape index (κ1) is 27.8. The van der Waals surface area contributed by atoms with E-state index in [0.717, 1.165) is 10.5 Å². The molecule has 1 unspecified atom stereocenters. The molecule has 2 heterocycles. The number of nitrogens with one attached hydrogen (secondary N) is 2. The third kappa shape index (κ3) is 6.81. The Morgan fingerprint density at radius 2 is 1.49 bits per heavy atom. The number of hydrogen-bond acceptors (Lipinski definition) is 6. The first-order valence-electron chi connectivity index (χ1n) is 13.1. The lowest BCUT2D eigenvalue weighted by Crippen LogP contribution is -2.55. The van der Waals surface area contributed by atoms with Crippen LogP contribution in [0, 0.1) is 0 Å². The number of piperidine rings is 1. The molecule has 39 heavy (non-hydrogen) atoms. The Morgan fingerprint density at radius 3 is 2.05 bits per heavy atom. The molecule has 2 aromatic rings. The summed E-state index contributed by atoms with van der Waals surface area (Å²) in [5.41, 5.74) is 0.752. The van der Waals surface area contributed by atoms with E-state index in [2.05, 4.69) is 10.6 Å². The van der Waals surface area contributed by atoms with Crippen LogP contribution in [0.5, 0.6) is 0 Å². The monoisotopic (exact) mass is 534 g/mol. The maximum atomic E-state index is 13.6. The zero-order chi connectivity index (χ0) is 28.2. The van der Waals surface area contributed by atoms with Crippen molar-refractivity contribution >= 4 is 29.7 Å². The zero-order valence-electron chi connectivity index (χ0n) is 22.4. The smallest absolute Gasteiger partial charge is 0.408 e. The number of amides is 5. The number of fused-ring (bicyclic) bond motifs is 1. The van der Waals surface area contributed by atoms with Crippen LogP contribution in [0.15, 0.2) is 54.6 Å². The molecule has 0 spiro atoms. The molecule has 4 rings (SSSR count). The molecule has 1 fully saturated rings. The summed E-state index contributed by atoms with van der Waals surface area (Å²) in [4.78, 5) is 67.0. The highest BCUT2D eigenvalue weighted by Gasteiger charge is 2.43. The van der Waals surface area contributed by atoms with E-state index in [1.807, 2.05) is 30.3 Å². The molecule has 10 nitrogen and oxygen atoms in total. The second-order valence-electron chi connectivity index (χ2n) is 10.8. The first-order valence-corrected chi connectivity index (χ1v) is 13.1. The van der Waals surface area contributed by atoms with E-state index in [1.54, 1.807) is 49.9 Å². The summed E-state index contributed by atoms with van der Waals surface area (Å²) in [6, 6.07) is 14.6. The summed E-state index contributed by atoms with van der Waals surface area (Å²) in [7, 11) is 0. The van der Waals surface area contributed by atoms with Crippen molar-refractivity contribution in [3.05, 3.63) is 71.3 Å². The van der Waals surface area contributed by atoms with E-state index in [4.69, 9.17) is 4.74 Å². The molecule has 0 aromatic heterocycles. The number of hydrogen-bond donors (Lipinski definition) is 2. The normalized spacial score (nSPS) is 16.5. The number of benzene rings is 2. The van der Waals surface area contributed by atoms with Crippen molar-refractivity contribution in [3.63, 3.8) is 0 Å². The summed E-state index contributed by atoms with van der Waals surface area (Å²) in [5, 5.41) is 5.48. The van der Waals surface area contributed by atoms with Crippen LogP contribution in [0.4, 0.5) is 4.79 Å². The molecule has 2 N–H and O–H groups in total. The van der Waals surface area contributed by atoms with Crippen LogP contribution in [-0.4, -0.2) is 76.8 Å². The fourth-order valence-electron chi connectivity index (χ4n) is 4.77. The first-order chi connectivity index (χ1) is 18.5. The standard InChI is InChI=1S/C29H34N4O6/c1-29(2,3)39-28(38)30-18-24(34)32-15-13-20(14-16-32)31-25(35)23(17-19-9-5-4-6-10-19)33-26(36)21-11-7-8-12-22(21)27(33)37/h4-12,20,23H,13-18H2,1-3H3,(H,30,38)(H,31,35). The summed E-state index contributed by atoms with van der Waals surface area (Å²) in [6.07, 6.45) is 0.538. The van der Waals surface area contributed by atoms with Crippen molar-refractivity contribution in [1.82, 2.24) is 20.4 Å². The van der Waals surface area contributed by atoms with Crippen LogP contribution >= 0.6 is 0 Å². The Morgan fingerprint density at radius 1 is 0.923 bits per heavy atom. The molecular weight excluding hydrogens is 500 g/mol. The maximum absolute atomic E-state index is 13.6. The zero-order valence-corrected chi connectivity index (χ0v) is 22.4.